The van der Waals surface area contributed by atoms with Crippen molar-refractivity contribution >= 4 is 0 Å². The summed E-state index contributed by atoms with van der Waals surface area (Å²) in [6, 6.07) is 39.5. The molecule has 0 saturated heterocycles. The van der Waals surface area contributed by atoms with Crippen molar-refractivity contribution in [3.8, 4) is 22.3 Å². The fourth-order valence-electron chi connectivity index (χ4n) is 6.62. The van der Waals surface area contributed by atoms with E-state index in [-0.39, 0.29) is 25.8 Å². The van der Waals surface area contributed by atoms with Gasteiger partial charge in [-0.05, 0) is 59.1 Å². The minimum absolute atomic E-state index is 0. The van der Waals surface area contributed by atoms with Crippen LogP contribution in [0.5, 0.6) is 0 Å². The zero-order chi connectivity index (χ0) is 33.7. The second-order valence-electron chi connectivity index (χ2n) is 14.0. The Labute approximate surface area is 322 Å². The van der Waals surface area contributed by atoms with E-state index in [9.17, 15) is 0 Å². The Morgan fingerprint density at radius 2 is 0.540 bits per heavy atom. The third-order valence-corrected chi connectivity index (χ3v) is 9.76. The van der Waals surface area contributed by atoms with Crippen molar-refractivity contribution < 1.29 is 25.8 Å². The Hall–Kier alpha value is -2.56. The molecule has 0 saturated carbocycles. The summed E-state index contributed by atoms with van der Waals surface area (Å²) in [4.78, 5) is 0. The minimum atomic E-state index is 0. The molecule has 0 aliphatic rings. The molecule has 0 spiro atoms. The minimum Gasteiger partial charge on any atom is -1.00 e. The fourth-order valence-corrected chi connectivity index (χ4v) is 6.62. The zero-order valence-corrected chi connectivity index (χ0v) is 32.4. The van der Waals surface area contributed by atoms with E-state index in [1.54, 1.807) is 0 Å². The fraction of sp³-hybridized carbons (Fsp3) is 0.500. The third kappa shape index (κ3) is 21.0. The number of aryl methyl sites for hydroxylation is 2. The quantitative estimate of drug-likeness (QED) is 0.0525. The maximum Gasteiger partial charge on any atom is 1.00 e. The predicted octanol–water partition coefficient (Wildman–Crippen LogP) is 11.9. The topological polar surface area (TPSA) is 31.5 Å². The van der Waals surface area contributed by atoms with Crippen LogP contribution in [0.25, 0.3) is 22.3 Å². The molecule has 0 aliphatic heterocycles. The molecule has 0 unspecified atom stereocenters. The molecule has 0 heterocycles. The summed E-state index contributed by atoms with van der Waals surface area (Å²) in [5, 5.41) is 0. The molecule has 4 aromatic rings. The van der Waals surface area contributed by atoms with E-state index in [0.717, 1.165) is 0 Å². The number of unbranched alkanes of at least 4 members (excludes halogenated alkanes) is 18. The molecule has 4 aromatic carbocycles. The molecular formula is C48H71LiO. The van der Waals surface area contributed by atoms with Gasteiger partial charge in [0.2, 0.25) is 0 Å². The summed E-state index contributed by atoms with van der Waals surface area (Å²) in [6.45, 7) is 4.57. The van der Waals surface area contributed by atoms with E-state index in [2.05, 4.69) is 123 Å². The molecule has 0 fully saturated rings. The van der Waals surface area contributed by atoms with Crippen LogP contribution in [0.1, 0.15) is 155 Å². The van der Waals surface area contributed by atoms with Crippen LogP contribution in [0.4, 0.5) is 0 Å². The van der Waals surface area contributed by atoms with Crippen molar-refractivity contribution in [2.75, 3.05) is 0 Å². The SMILES string of the molecule is CCCCCCCCCCCCc1ccc(-c2ccccc2)cc1.CCCCCCCCCCCCc1ccc(-c2ccccc2)cc1.O.[H-].[Li+]. The molecule has 0 aliphatic carbocycles. The van der Waals surface area contributed by atoms with Crippen LogP contribution in [-0.2, 0) is 12.8 Å². The number of hydrogen-bond acceptors (Lipinski definition) is 0. The van der Waals surface area contributed by atoms with Gasteiger partial charge in [-0.25, -0.2) is 0 Å². The van der Waals surface area contributed by atoms with Crippen LogP contribution >= 0.6 is 0 Å². The van der Waals surface area contributed by atoms with Crippen molar-refractivity contribution in [2.45, 2.75) is 155 Å². The number of hydrogen-bond donors (Lipinski definition) is 0. The van der Waals surface area contributed by atoms with E-state index in [1.807, 2.05) is 0 Å². The van der Waals surface area contributed by atoms with Gasteiger partial charge in [-0.1, -0.05) is 239 Å². The first-order chi connectivity index (χ1) is 23.8. The van der Waals surface area contributed by atoms with Crippen molar-refractivity contribution in [3.05, 3.63) is 120 Å². The first-order valence-corrected chi connectivity index (χ1v) is 20.1. The van der Waals surface area contributed by atoms with Gasteiger partial charge < -0.3 is 6.90 Å². The molecule has 0 radical (unpaired) electrons. The first kappa shape index (κ1) is 45.5. The summed E-state index contributed by atoms with van der Waals surface area (Å²) in [5.74, 6) is 0. The summed E-state index contributed by atoms with van der Waals surface area (Å²) >= 11 is 0. The number of benzene rings is 4. The molecule has 0 bridgehead atoms. The molecule has 270 valence electrons. The Morgan fingerprint density at radius 1 is 0.300 bits per heavy atom. The van der Waals surface area contributed by atoms with E-state index in [1.165, 1.54) is 175 Å². The Bertz CT molecular complexity index is 1170. The van der Waals surface area contributed by atoms with E-state index in [4.69, 9.17) is 0 Å². The van der Waals surface area contributed by atoms with Crippen molar-refractivity contribution in [2.24, 2.45) is 0 Å². The second kappa shape index (κ2) is 31.2. The van der Waals surface area contributed by atoms with Crippen molar-refractivity contribution in [3.63, 3.8) is 0 Å². The van der Waals surface area contributed by atoms with Crippen LogP contribution in [0.3, 0.4) is 0 Å². The van der Waals surface area contributed by atoms with E-state index < -0.39 is 0 Å². The summed E-state index contributed by atoms with van der Waals surface area (Å²) in [7, 11) is 0. The molecule has 0 amide bonds. The zero-order valence-electron chi connectivity index (χ0n) is 33.4. The van der Waals surface area contributed by atoms with Gasteiger partial charge >= 0.3 is 18.9 Å². The molecule has 2 heteroatoms. The van der Waals surface area contributed by atoms with Crippen LogP contribution in [0.2, 0.25) is 0 Å². The molecule has 0 atom stereocenters. The van der Waals surface area contributed by atoms with Gasteiger partial charge in [0.1, 0.15) is 0 Å². The Kier molecular flexibility index (Phi) is 28.4. The summed E-state index contributed by atoms with van der Waals surface area (Å²) < 4.78 is 0. The van der Waals surface area contributed by atoms with Gasteiger partial charge in [0.15, 0.2) is 0 Å². The summed E-state index contributed by atoms with van der Waals surface area (Å²) in [5.41, 5.74) is 8.22. The molecular weight excluding hydrogens is 599 g/mol. The maximum atomic E-state index is 2.30. The van der Waals surface area contributed by atoms with E-state index in [0.29, 0.717) is 0 Å². The molecule has 4 rings (SSSR count). The third-order valence-electron chi connectivity index (χ3n) is 9.76. The second-order valence-corrected chi connectivity index (χ2v) is 14.0. The largest absolute Gasteiger partial charge is 1.00 e. The van der Waals surface area contributed by atoms with Gasteiger partial charge in [-0.2, -0.15) is 0 Å². The van der Waals surface area contributed by atoms with Crippen LogP contribution in [-0.4, -0.2) is 5.48 Å². The molecule has 1 nitrogen and oxygen atoms in total. The first-order valence-electron chi connectivity index (χ1n) is 20.1. The van der Waals surface area contributed by atoms with Gasteiger partial charge in [0.25, 0.3) is 0 Å². The van der Waals surface area contributed by atoms with Crippen molar-refractivity contribution in [1.82, 2.24) is 0 Å². The number of rotatable bonds is 24. The molecule has 2 N–H and O–H groups in total. The monoisotopic (exact) mass is 671 g/mol. The van der Waals surface area contributed by atoms with Crippen molar-refractivity contribution in [1.29, 1.82) is 0 Å². The standard InChI is InChI=1S/2C24H34.Li.H2O.H/c2*1-2-3-4-5-6-7-8-9-10-12-15-22-18-20-24(21-19-22)23-16-13-11-14-17-23;;;/h2*11,13-14,16-21H,2-10,12,15H2,1H3;;1H2;/q;;+1;;-1. The van der Waals surface area contributed by atoms with Crippen LogP contribution in [0, 0.1) is 0 Å². The average molecular weight is 671 g/mol. The van der Waals surface area contributed by atoms with Crippen LogP contribution in [0.15, 0.2) is 109 Å². The Balaban J connectivity index is 0.000000926. The molecule has 0 aromatic heterocycles. The van der Waals surface area contributed by atoms with E-state index >= 15 is 0 Å². The average Bonchev–Trinajstić information content (AvgIpc) is 3.15. The van der Waals surface area contributed by atoms with Crippen LogP contribution < -0.4 is 18.9 Å². The van der Waals surface area contributed by atoms with Gasteiger partial charge in [0.05, 0.1) is 0 Å². The smallest absolute Gasteiger partial charge is 1.00 e. The summed E-state index contributed by atoms with van der Waals surface area (Å²) in [6.07, 6.45) is 30.7. The van der Waals surface area contributed by atoms with Gasteiger partial charge in [-0.15, -0.1) is 0 Å². The predicted molar refractivity (Wildman–Crippen MR) is 220 cm³/mol. The van der Waals surface area contributed by atoms with Gasteiger partial charge in [-0.3, -0.25) is 0 Å². The Morgan fingerprint density at radius 3 is 0.820 bits per heavy atom. The van der Waals surface area contributed by atoms with Gasteiger partial charge in [0, 0.05) is 0 Å². The normalized spacial score (nSPS) is 10.4. The maximum absolute atomic E-state index is 2.30. The molecule has 50 heavy (non-hydrogen) atoms.